The van der Waals surface area contributed by atoms with Gasteiger partial charge in [0, 0.05) is 33.3 Å². The van der Waals surface area contributed by atoms with Gasteiger partial charge >= 0.3 is 0 Å². The number of unbranched alkanes of at least 4 members (excludes halogenated alkanes) is 3. The SMILES string of the molecule is CCCCCCNCCN(C)C1=C(NC)C=C(/C=C/C(=O)NO)CC=C1. The van der Waals surface area contributed by atoms with E-state index in [9.17, 15) is 4.79 Å². The fourth-order valence-electron chi connectivity index (χ4n) is 2.75. The quantitative estimate of drug-likeness (QED) is 0.186. The van der Waals surface area contributed by atoms with Crippen LogP contribution < -0.4 is 16.1 Å². The standard InChI is InChI=1S/C20H34N4O2/c1-4-5-6-7-13-22-14-15-24(3)19-10-8-9-17(16-18(19)21-2)11-12-20(25)23-26/h8,10-12,16,21-22,26H,4-7,9,13-15H2,1-3H3,(H,23,25)/b12-11+. The minimum absolute atomic E-state index is 0.531. The number of carbonyl (C=O) groups excluding carboxylic acids is 1. The molecule has 146 valence electrons. The van der Waals surface area contributed by atoms with Gasteiger partial charge in [0.1, 0.15) is 0 Å². The average molecular weight is 363 g/mol. The minimum atomic E-state index is -0.531. The monoisotopic (exact) mass is 362 g/mol. The Morgan fingerprint density at radius 3 is 2.81 bits per heavy atom. The molecule has 0 aliphatic heterocycles. The second-order valence-electron chi connectivity index (χ2n) is 6.42. The Bertz CT molecular complexity index is 550. The van der Waals surface area contributed by atoms with Crippen LogP contribution in [0.25, 0.3) is 0 Å². The molecule has 1 rings (SSSR count). The summed E-state index contributed by atoms with van der Waals surface area (Å²) in [6.45, 7) is 5.17. The van der Waals surface area contributed by atoms with Crippen LogP contribution in [0.3, 0.4) is 0 Å². The van der Waals surface area contributed by atoms with Crippen LogP contribution in [-0.2, 0) is 4.79 Å². The molecule has 0 unspecified atom stereocenters. The summed E-state index contributed by atoms with van der Waals surface area (Å²) in [5.74, 6) is -0.531. The molecule has 6 nitrogen and oxygen atoms in total. The predicted octanol–water partition coefficient (Wildman–Crippen LogP) is 2.47. The summed E-state index contributed by atoms with van der Waals surface area (Å²) >= 11 is 0. The second kappa shape index (κ2) is 13.2. The third kappa shape index (κ3) is 8.36. The van der Waals surface area contributed by atoms with Crippen molar-refractivity contribution in [3.8, 4) is 0 Å². The summed E-state index contributed by atoms with van der Waals surface area (Å²) in [6.07, 6.45) is 15.1. The van der Waals surface area contributed by atoms with Gasteiger partial charge in [0.15, 0.2) is 0 Å². The first-order valence-electron chi connectivity index (χ1n) is 9.45. The molecule has 0 bridgehead atoms. The Labute approximate surface area is 157 Å². The number of allylic oxidation sites excluding steroid dienone is 5. The zero-order chi connectivity index (χ0) is 19.2. The zero-order valence-electron chi connectivity index (χ0n) is 16.3. The van der Waals surface area contributed by atoms with Gasteiger partial charge in [-0.25, -0.2) is 5.48 Å². The van der Waals surface area contributed by atoms with Gasteiger partial charge in [-0.2, -0.15) is 0 Å². The molecule has 0 saturated carbocycles. The third-order valence-electron chi connectivity index (χ3n) is 4.31. The van der Waals surface area contributed by atoms with Crippen LogP contribution in [0, 0.1) is 0 Å². The maximum absolute atomic E-state index is 11.2. The molecule has 0 atom stereocenters. The molecular formula is C20H34N4O2. The van der Waals surface area contributed by atoms with Crippen LogP contribution in [-0.4, -0.2) is 49.7 Å². The fourth-order valence-corrected chi connectivity index (χ4v) is 2.75. The largest absolute Gasteiger partial charge is 0.386 e. The molecule has 0 radical (unpaired) electrons. The van der Waals surface area contributed by atoms with Gasteiger partial charge in [0.2, 0.25) is 0 Å². The van der Waals surface area contributed by atoms with E-state index in [0.717, 1.165) is 43.0 Å². The van der Waals surface area contributed by atoms with E-state index in [0.29, 0.717) is 0 Å². The highest BCUT2D eigenvalue weighted by atomic mass is 16.5. The third-order valence-corrected chi connectivity index (χ3v) is 4.31. The lowest BCUT2D eigenvalue weighted by Crippen LogP contribution is -2.30. The molecule has 0 spiro atoms. The Morgan fingerprint density at radius 2 is 2.12 bits per heavy atom. The van der Waals surface area contributed by atoms with E-state index in [4.69, 9.17) is 5.21 Å². The molecule has 1 amide bonds. The van der Waals surface area contributed by atoms with Crippen molar-refractivity contribution < 1.29 is 10.0 Å². The Morgan fingerprint density at radius 1 is 1.31 bits per heavy atom. The highest BCUT2D eigenvalue weighted by Crippen LogP contribution is 2.19. The topological polar surface area (TPSA) is 76.6 Å². The molecule has 0 aromatic carbocycles. The first-order chi connectivity index (χ1) is 12.6. The first-order valence-corrected chi connectivity index (χ1v) is 9.45. The van der Waals surface area contributed by atoms with Crippen LogP contribution >= 0.6 is 0 Å². The number of hydrogen-bond donors (Lipinski definition) is 4. The van der Waals surface area contributed by atoms with Gasteiger partial charge in [0.25, 0.3) is 5.91 Å². The highest BCUT2D eigenvalue weighted by Gasteiger charge is 2.10. The maximum atomic E-state index is 11.2. The summed E-state index contributed by atoms with van der Waals surface area (Å²) < 4.78 is 0. The Hall–Kier alpha value is -2.05. The molecule has 0 heterocycles. The van der Waals surface area contributed by atoms with E-state index in [1.165, 1.54) is 31.8 Å². The van der Waals surface area contributed by atoms with E-state index in [1.807, 2.05) is 13.1 Å². The van der Waals surface area contributed by atoms with Crippen molar-refractivity contribution in [3.63, 3.8) is 0 Å². The van der Waals surface area contributed by atoms with Crippen molar-refractivity contribution in [2.75, 3.05) is 33.7 Å². The average Bonchev–Trinajstić information content (AvgIpc) is 2.87. The summed E-state index contributed by atoms with van der Waals surface area (Å²) in [5, 5.41) is 15.3. The Balaban J connectivity index is 2.61. The van der Waals surface area contributed by atoms with Gasteiger partial charge < -0.3 is 15.5 Å². The van der Waals surface area contributed by atoms with Gasteiger partial charge in [-0.15, -0.1) is 0 Å². The number of nitrogens with one attached hydrogen (secondary N) is 3. The van der Waals surface area contributed by atoms with Crippen molar-refractivity contribution >= 4 is 5.91 Å². The molecule has 0 aromatic rings. The van der Waals surface area contributed by atoms with Gasteiger partial charge in [-0.1, -0.05) is 38.3 Å². The lowest BCUT2D eigenvalue weighted by atomic mass is 10.1. The fraction of sp³-hybridized carbons (Fsp3) is 0.550. The van der Waals surface area contributed by atoms with Crippen LogP contribution in [0.2, 0.25) is 0 Å². The first kappa shape index (κ1) is 22.0. The molecular weight excluding hydrogens is 328 g/mol. The highest BCUT2D eigenvalue weighted by molar-refractivity contribution is 5.86. The van der Waals surface area contributed by atoms with E-state index in [-0.39, 0.29) is 0 Å². The van der Waals surface area contributed by atoms with Gasteiger partial charge in [-0.05, 0) is 37.1 Å². The van der Waals surface area contributed by atoms with Crippen molar-refractivity contribution in [3.05, 3.63) is 47.3 Å². The Kier molecular flexibility index (Phi) is 11.2. The van der Waals surface area contributed by atoms with Crippen LogP contribution in [0.5, 0.6) is 0 Å². The smallest absolute Gasteiger partial charge is 0.267 e. The number of rotatable bonds is 12. The zero-order valence-corrected chi connectivity index (χ0v) is 16.3. The molecule has 4 N–H and O–H groups in total. The molecule has 1 aliphatic carbocycles. The van der Waals surface area contributed by atoms with Crippen molar-refractivity contribution in [2.45, 2.75) is 39.0 Å². The van der Waals surface area contributed by atoms with E-state index >= 15 is 0 Å². The minimum Gasteiger partial charge on any atom is -0.386 e. The van der Waals surface area contributed by atoms with Crippen molar-refractivity contribution in [2.24, 2.45) is 0 Å². The van der Waals surface area contributed by atoms with E-state index in [1.54, 1.807) is 11.6 Å². The number of likely N-dealkylation sites (N-methyl/N-ethyl adjacent to an activating group) is 2. The molecule has 0 saturated heterocycles. The van der Waals surface area contributed by atoms with Gasteiger partial charge in [-0.3, -0.25) is 10.0 Å². The van der Waals surface area contributed by atoms with Crippen molar-refractivity contribution in [1.82, 2.24) is 21.0 Å². The van der Waals surface area contributed by atoms with Crippen LogP contribution in [0.1, 0.15) is 39.0 Å². The van der Waals surface area contributed by atoms with E-state index < -0.39 is 5.91 Å². The summed E-state index contributed by atoms with van der Waals surface area (Å²) in [6, 6.07) is 0. The molecule has 26 heavy (non-hydrogen) atoms. The maximum Gasteiger partial charge on any atom is 0.267 e. The molecule has 1 aliphatic rings. The molecule has 0 fully saturated rings. The molecule has 0 aromatic heterocycles. The van der Waals surface area contributed by atoms with Gasteiger partial charge in [0.05, 0.1) is 11.4 Å². The second-order valence-corrected chi connectivity index (χ2v) is 6.42. The lowest BCUT2D eigenvalue weighted by molar-refractivity contribution is -0.124. The lowest BCUT2D eigenvalue weighted by Gasteiger charge is -2.23. The number of hydroxylamine groups is 1. The predicted molar refractivity (Wildman–Crippen MR) is 107 cm³/mol. The van der Waals surface area contributed by atoms with Crippen LogP contribution in [0.4, 0.5) is 0 Å². The van der Waals surface area contributed by atoms with Crippen LogP contribution in [0.15, 0.2) is 47.3 Å². The summed E-state index contributed by atoms with van der Waals surface area (Å²) in [7, 11) is 3.98. The van der Waals surface area contributed by atoms with Crippen molar-refractivity contribution in [1.29, 1.82) is 0 Å². The van der Waals surface area contributed by atoms with E-state index in [2.05, 4.69) is 41.7 Å². The number of amides is 1. The summed E-state index contributed by atoms with van der Waals surface area (Å²) in [5.41, 5.74) is 4.72. The molecule has 6 heteroatoms. The number of hydrogen-bond acceptors (Lipinski definition) is 5. The normalized spacial score (nSPS) is 14.4. The number of nitrogens with zero attached hydrogens (tertiary/aromatic N) is 1. The summed E-state index contributed by atoms with van der Waals surface area (Å²) in [4.78, 5) is 13.4. The number of carbonyl (C=O) groups is 1.